The molecule has 0 saturated carbocycles. The van der Waals surface area contributed by atoms with Gasteiger partial charge in [-0.3, -0.25) is 0 Å². The predicted molar refractivity (Wildman–Crippen MR) is 123 cm³/mol. The van der Waals surface area contributed by atoms with Crippen molar-refractivity contribution >= 4 is 40.4 Å². The zero-order valence-electron chi connectivity index (χ0n) is 16.8. The lowest BCUT2D eigenvalue weighted by atomic mass is 9.97. The van der Waals surface area contributed by atoms with Crippen molar-refractivity contribution in [3.8, 4) is 0 Å². The summed E-state index contributed by atoms with van der Waals surface area (Å²) in [4.78, 5) is 13.3. The Balaban J connectivity index is 1.45. The number of allylic oxidation sites excluding steroid dienone is 2. The summed E-state index contributed by atoms with van der Waals surface area (Å²) in [5.74, 6) is 1.29. The van der Waals surface area contributed by atoms with Crippen molar-refractivity contribution in [1.82, 2.24) is 4.90 Å². The molecular weight excluding hydrogens is 438 g/mol. The van der Waals surface area contributed by atoms with E-state index in [4.69, 9.17) is 14.6 Å². The van der Waals surface area contributed by atoms with Crippen molar-refractivity contribution in [2.24, 2.45) is 0 Å². The Kier molecular flexibility index (Phi) is 6.75. The largest absolute Gasteiger partial charge is 0.486 e. The summed E-state index contributed by atoms with van der Waals surface area (Å²) in [6.45, 7) is 4.32. The number of carbonyl (C=O) groups is 1. The highest BCUT2D eigenvalue weighted by Crippen LogP contribution is 2.44. The third-order valence-electron chi connectivity index (χ3n) is 5.43. The van der Waals surface area contributed by atoms with Gasteiger partial charge in [-0.2, -0.15) is 22.7 Å². The summed E-state index contributed by atoms with van der Waals surface area (Å²) in [6, 6.07) is 4.45. The maximum Gasteiger partial charge on any atom is 0.341 e. The molecule has 0 fully saturated rings. The van der Waals surface area contributed by atoms with E-state index >= 15 is 0 Å². The lowest BCUT2D eigenvalue weighted by Crippen LogP contribution is -2.36. The third kappa shape index (κ3) is 4.55. The molecule has 0 amide bonds. The molecule has 1 N–H and O–H groups in total. The first-order chi connectivity index (χ1) is 14.6. The summed E-state index contributed by atoms with van der Waals surface area (Å²) < 4.78 is 11.3. The minimum Gasteiger partial charge on any atom is -0.486 e. The van der Waals surface area contributed by atoms with Gasteiger partial charge in [-0.1, -0.05) is 0 Å². The first-order valence-corrected chi connectivity index (χ1v) is 12.8. The van der Waals surface area contributed by atoms with Crippen molar-refractivity contribution in [2.45, 2.75) is 24.5 Å². The maximum atomic E-state index is 10.9. The lowest BCUT2D eigenvalue weighted by Gasteiger charge is -2.37. The molecule has 0 saturated heterocycles. The van der Waals surface area contributed by atoms with Gasteiger partial charge < -0.3 is 19.5 Å². The molecular formula is C22H25NO4S3. The number of carboxylic acid groups (broad SMARTS) is 1. The molecule has 8 heteroatoms. The molecule has 1 aliphatic heterocycles. The zero-order chi connectivity index (χ0) is 21.0. The van der Waals surface area contributed by atoms with Crippen LogP contribution in [0, 0.1) is 0 Å². The molecule has 3 heterocycles. The number of hydrogen-bond donors (Lipinski definition) is 1. The molecule has 0 bridgehead atoms. The zero-order valence-corrected chi connectivity index (χ0v) is 19.3. The van der Waals surface area contributed by atoms with E-state index in [1.807, 2.05) is 17.8 Å². The van der Waals surface area contributed by atoms with Gasteiger partial charge in [0, 0.05) is 12.3 Å². The highest BCUT2D eigenvalue weighted by Gasteiger charge is 2.32. The van der Waals surface area contributed by atoms with Gasteiger partial charge in [-0.15, -0.1) is 11.8 Å². The molecule has 4 rings (SSSR count). The molecule has 2 aromatic rings. The Bertz CT molecular complexity index is 884. The minimum atomic E-state index is -0.978. The topological polar surface area (TPSA) is 59.0 Å². The van der Waals surface area contributed by atoms with E-state index in [-0.39, 0.29) is 11.4 Å². The van der Waals surface area contributed by atoms with E-state index in [1.54, 1.807) is 22.7 Å². The smallest absolute Gasteiger partial charge is 0.341 e. The normalized spacial score (nSPS) is 16.7. The average Bonchev–Trinajstić information content (AvgIpc) is 3.47. The van der Waals surface area contributed by atoms with Gasteiger partial charge in [0.15, 0.2) is 18.1 Å². The van der Waals surface area contributed by atoms with Gasteiger partial charge >= 0.3 is 5.97 Å². The molecule has 5 nitrogen and oxygen atoms in total. The summed E-state index contributed by atoms with van der Waals surface area (Å²) in [6.07, 6.45) is 3.67. The second kappa shape index (κ2) is 9.49. The number of thioether (sulfide) groups is 1. The monoisotopic (exact) mass is 463 g/mol. The minimum absolute atomic E-state index is 0.0638. The van der Waals surface area contributed by atoms with Crippen molar-refractivity contribution in [1.29, 1.82) is 0 Å². The fraction of sp³-hybridized carbons (Fsp3) is 0.409. The molecule has 160 valence electrons. The summed E-state index contributed by atoms with van der Waals surface area (Å²) in [5.41, 5.74) is 3.84. The Labute approximate surface area is 189 Å². The Hall–Kier alpha value is -1.90. The van der Waals surface area contributed by atoms with Gasteiger partial charge in [0.2, 0.25) is 0 Å². The van der Waals surface area contributed by atoms with Crippen molar-refractivity contribution < 1.29 is 19.4 Å². The Morgan fingerprint density at radius 3 is 2.67 bits per heavy atom. The quantitative estimate of drug-likeness (QED) is 0.556. The third-order valence-corrected chi connectivity index (χ3v) is 8.24. The van der Waals surface area contributed by atoms with Gasteiger partial charge in [0.25, 0.3) is 0 Å². The highest BCUT2D eigenvalue weighted by molar-refractivity contribution is 8.00. The number of aliphatic carboxylic acids is 1. The van der Waals surface area contributed by atoms with E-state index in [9.17, 15) is 4.79 Å². The molecule has 0 atom stereocenters. The number of carboxylic acids is 1. The van der Waals surface area contributed by atoms with Crippen LogP contribution >= 0.6 is 34.4 Å². The van der Waals surface area contributed by atoms with Crippen LogP contribution in [0.5, 0.6) is 0 Å². The standard InChI is InChI=1S/C22H25NO4S3/c1-22(16-5-10-28-14-16,17-6-11-29-15-17)30-12-8-23-7-9-26-21-18(23)3-2-4-19(21)27-13-20(24)25/h4-6,10-11,14-15H,2-3,7-9,12-13H2,1H3,(H,24,25). The van der Waals surface area contributed by atoms with Gasteiger partial charge in [-0.25, -0.2) is 4.79 Å². The van der Waals surface area contributed by atoms with Crippen LogP contribution < -0.4 is 0 Å². The van der Waals surface area contributed by atoms with E-state index in [0.717, 1.165) is 43.1 Å². The van der Waals surface area contributed by atoms with Crippen LogP contribution in [0.1, 0.15) is 30.9 Å². The lowest BCUT2D eigenvalue weighted by molar-refractivity contribution is -0.140. The van der Waals surface area contributed by atoms with Crippen molar-refractivity contribution in [3.05, 3.63) is 68.1 Å². The van der Waals surface area contributed by atoms with E-state index < -0.39 is 5.97 Å². The molecule has 0 spiro atoms. The second-order valence-corrected chi connectivity index (χ2v) is 10.4. The molecule has 2 aromatic heterocycles. The Morgan fingerprint density at radius 1 is 1.30 bits per heavy atom. The first kappa shape index (κ1) is 21.3. The van der Waals surface area contributed by atoms with Crippen LogP contribution in [0.15, 0.2) is 56.9 Å². The van der Waals surface area contributed by atoms with Crippen LogP contribution in [0.3, 0.4) is 0 Å². The van der Waals surface area contributed by atoms with E-state index in [1.165, 1.54) is 11.1 Å². The fourth-order valence-electron chi connectivity index (χ4n) is 3.81. The van der Waals surface area contributed by atoms with Crippen LogP contribution in [-0.4, -0.2) is 48.0 Å². The number of ether oxygens (including phenoxy) is 2. The SMILES string of the molecule is CC(SCCN1CCOC2=C1CCC=C2OCC(=O)O)(c1ccsc1)c1ccsc1. The summed E-state index contributed by atoms with van der Waals surface area (Å²) in [7, 11) is 0. The number of hydrogen-bond acceptors (Lipinski definition) is 7. The molecule has 2 aliphatic rings. The molecule has 0 aromatic carbocycles. The first-order valence-electron chi connectivity index (χ1n) is 9.93. The molecule has 30 heavy (non-hydrogen) atoms. The van der Waals surface area contributed by atoms with Crippen LogP contribution in [0.4, 0.5) is 0 Å². The van der Waals surface area contributed by atoms with Crippen LogP contribution in [0.2, 0.25) is 0 Å². The average molecular weight is 464 g/mol. The Morgan fingerprint density at radius 2 is 2.03 bits per heavy atom. The number of rotatable bonds is 9. The highest BCUT2D eigenvalue weighted by atomic mass is 32.2. The van der Waals surface area contributed by atoms with Crippen LogP contribution in [-0.2, 0) is 19.0 Å². The fourth-order valence-corrected chi connectivity index (χ4v) is 6.80. The van der Waals surface area contributed by atoms with Crippen molar-refractivity contribution in [3.63, 3.8) is 0 Å². The number of nitrogens with zero attached hydrogens (tertiary/aromatic N) is 1. The van der Waals surface area contributed by atoms with Gasteiger partial charge in [0.05, 0.1) is 17.0 Å². The second-order valence-electron chi connectivity index (χ2n) is 7.31. The molecule has 0 radical (unpaired) electrons. The summed E-state index contributed by atoms with van der Waals surface area (Å²) >= 11 is 5.45. The summed E-state index contributed by atoms with van der Waals surface area (Å²) in [5, 5.41) is 17.7. The van der Waals surface area contributed by atoms with E-state index in [2.05, 4.69) is 45.5 Å². The van der Waals surface area contributed by atoms with Gasteiger partial charge in [0.1, 0.15) is 6.61 Å². The van der Waals surface area contributed by atoms with Gasteiger partial charge in [-0.05, 0) is 70.6 Å². The molecule has 1 aliphatic carbocycles. The predicted octanol–water partition coefficient (Wildman–Crippen LogP) is 5.13. The number of thiophene rings is 2. The van der Waals surface area contributed by atoms with E-state index in [0.29, 0.717) is 12.4 Å². The van der Waals surface area contributed by atoms with Crippen LogP contribution in [0.25, 0.3) is 0 Å². The maximum absolute atomic E-state index is 10.9. The molecule has 0 unspecified atom stereocenters. The van der Waals surface area contributed by atoms with Crippen molar-refractivity contribution in [2.75, 3.05) is 32.1 Å².